The van der Waals surface area contributed by atoms with Crippen molar-refractivity contribution in [2.75, 3.05) is 0 Å². The fourth-order valence-corrected chi connectivity index (χ4v) is 3.52. The summed E-state index contributed by atoms with van der Waals surface area (Å²) in [5.74, 6) is -0.613. The Balaban J connectivity index is 2.24. The summed E-state index contributed by atoms with van der Waals surface area (Å²) in [6.07, 6.45) is 6.53. The van der Waals surface area contributed by atoms with Crippen LogP contribution in [0.5, 0.6) is 0 Å². The SMILES string of the molecule is CCCCCCCCC(CC(=O)O)(C(=O)S)c1nc2ccccc2[nH]1. The third-order valence-electron chi connectivity index (χ3n) is 4.66. The van der Waals surface area contributed by atoms with E-state index in [9.17, 15) is 14.7 Å². The van der Waals surface area contributed by atoms with Gasteiger partial charge in [0, 0.05) is 0 Å². The number of carboxylic acid groups (broad SMARTS) is 1. The number of aromatic nitrogens is 2. The van der Waals surface area contributed by atoms with Gasteiger partial charge in [0.1, 0.15) is 11.2 Å². The molecule has 2 rings (SSSR count). The Morgan fingerprint density at radius 3 is 2.48 bits per heavy atom. The molecule has 2 N–H and O–H groups in total. The van der Waals surface area contributed by atoms with Crippen molar-refractivity contribution >= 4 is 34.7 Å². The van der Waals surface area contributed by atoms with Gasteiger partial charge in [-0.2, -0.15) is 0 Å². The highest BCUT2D eigenvalue weighted by molar-refractivity contribution is 7.96. The highest BCUT2D eigenvalue weighted by atomic mass is 32.1. The third kappa shape index (κ3) is 4.84. The molecule has 1 aromatic heterocycles. The number of thiol groups is 1. The molecule has 0 saturated carbocycles. The lowest BCUT2D eigenvalue weighted by molar-refractivity contribution is -0.140. The minimum atomic E-state index is -1.21. The summed E-state index contributed by atoms with van der Waals surface area (Å²) in [7, 11) is 0. The van der Waals surface area contributed by atoms with E-state index < -0.39 is 16.5 Å². The first-order chi connectivity index (χ1) is 12.0. The van der Waals surface area contributed by atoms with Crippen molar-refractivity contribution in [1.82, 2.24) is 9.97 Å². The van der Waals surface area contributed by atoms with Gasteiger partial charge in [0.15, 0.2) is 5.12 Å². The lowest BCUT2D eigenvalue weighted by Crippen LogP contribution is -2.37. The number of fused-ring (bicyclic) bond motifs is 1. The average molecular weight is 362 g/mol. The van der Waals surface area contributed by atoms with Gasteiger partial charge in [0.25, 0.3) is 0 Å². The molecule has 1 aromatic carbocycles. The van der Waals surface area contributed by atoms with E-state index in [0.29, 0.717) is 12.2 Å². The Labute approximate surface area is 153 Å². The molecule has 1 heterocycles. The van der Waals surface area contributed by atoms with Crippen molar-refractivity contribution in [1.29, 1.82) is 0 Å². The number of para-hydroxylation sites is 2. The Morgan fingerprint density at radius 1 is 1.16 bits per heavy atom. The summed E-state index contributed by atoms with van der Waals surface area (Å²) >= 11 is 4.04. The predicted molar refractivity (Wildman–Crippen MR) is 102 cm³/mol. The van der Waals surface area contributed by atoms with Crippen molar-refractivity contribution < 1.29 is 14.7 Å². The number of aliphatic carboxylic acids is 1. The maximum Gasteiger partial charge on any atom is 0.304 e. The molecular formula is C19H26N2O3S. The molecule has 2 aromatic rings. The maximum atomic E-state index is 12.4. The topological polar surface area (TPSA) is 83.0 Å². The number of benzene rings is 1. The molecule has 0 amide bonds. The minimum absolute atomic E-state index is 0.301. The average Bonchev–Trinajstić information content (AvgIpc) is 3.00. The molecule has 0 aliphatic carbocycles. The standard InChI is InChI=1S/C19H26N2O3S/c1-2-3-4-5-6-9-12-19(18(24)25,13-16(22)23)17-20-14-10-7-8-11-15(14)21-17/h7-8,10-11H,2-6,9,12-13H2,1H3,(H,20,21)(H,22,23)(H,24,25). The van der Waals surface area contributed by atoms with E-state index in [1.807, 2.05) is 24.3 Å². The first-order valence-corrected chi connectivity index (χ1v) is 9.35. The molecular weight excluding hydrogens is 336 g/mol. The number of rotatable bonds is 11. The van der Waals surface area contributed by atoms with Crippen molar-refractivity contribution in [3.05, 3.63) is 30.1 Å². The summed E-state index contributed by atoms with van der Waals surface area (Å²) in [6, 6.07) is 7.45. The Kier molecular flexibility index (Phi) is 7.05. The first-order valence-electron chi connectivity index (χ1n) is 8.90. The summed E-state index contributed by atoms with van der Waals surface area (Å²) < 4.78 is 0. The Morgan fingerprint density at radius 2 is 1.84 bits per heavy atom. The fourth-order valence-electron chi connectivity index (χ4n) is 3.22. The quantitative estimate of drug-likeness (QED) is 0.406. The number of carboxylic acids is 1. The molecule has 1 unspecified atom stereocenters. The normalized spacial score (nSPS) is 13.7. The maximum absolute atomic E-state index is 12.4. The number of unbranched alkanes of at least 4 members (excludes halogenated alkanes) is 5. The largest absolute Gasteiger partial charge is 0.481 e. The second-order valence-corrected chi connectivity index (χ2v) is 6.98. The zero-order valence-corrected chi connectivity index (χ0v) is 15.5. The minimum Gasteiger partial charge on any atom is -0.481 e. The van der Waals surface area contributed by atoms with Crippen LogP contribution < -0.4 is 0 Å². The number of imidazole rings is 1. The fraction of sp³-hybridized carbons (Fsp3) is 0.526. The summed E-state index contributed by atoms with van der Waals surface area (Å²) in [5.41, 5.74) is 0.313. The number of hydrogen-bond donors (Lipinski definition) is 3. The van der Waals surface area contributed by atoms with Gasteiger partial charge in [-0.25, -0.2) is 4.98 Å². The highest BCUT2D eigenvalue weighted by Gasteiger charge is 2.42. The lowest BCUT2D eigenvalue weighted by atomic mass is 9.79. The van der Waals surface area contributed by atoms with Gasteiger partial charge in [0.05, 0.1) is 17.5 Å². The second kappa shape index (κ2) is 9.04. The van der Waals surface area contributed by atoms with E-state index in [-0.39, 0.29) is 6.42 Å². The lowest BCUT2D eigenvalue weighted by Gasteiger charge is -2.27. The van der Waals surface area contributed by atoms with Crippen LogP contribution in [-0.4, -0.2) is 26.2 Å². The van der Waals surface area contributed by atoms with E-state index in [0.717, 1.165) is 30.3 Å². The molecule has 25 heavy (non-hydrogen) atoms. The van der Waals surface area contributed by atoms with Gasteiger partial charge in [-0.15, -0.1) is 12.6 Å². The summed E-state index contributed by atoms with van der Waals surface area (Å²) in [6.45, 7) is 2.17. The molecule has 0 aliphatic heterocycles. The molecule has 0 radical (unpaired) electrons. The van der Waals surface area contributed by atoms with Crippen molar-refractivity contribution in [3.8, 4) is 0 Å². The van der Waals surface area contributed by atoms with Crippen LogP contribution in [0.3, 0.4) is 0 Å². The van der Waals surface area contributed by atoms with Gasteiger partial charge in [-0.3, -0.25) is 9.59 Å². The van der Waals surface area contributed by atoms with Crippen LogP contribution in [0.15, 0.2) is 24.3 Å². The van der Waals surface area contributed by atoms with E-state index in [4.69, 9.17) is 0 Å². The number of hydrogen-bond acceptors (Lipinski definition) is 3. The number of carbonyl (C=O) groups excluding carboxylic acids is 1. The van der Waals surface area contributed by atoms with E-state index in [1.165, 1.54) is 19.3 Å². The number of nitrogens with one attached hydrogen (secondary N) is 1. The summed E-state index contributed by atoms with van der Waals surface area (Å²) in [4.78, 5) is 31.5. The first kappa shape index (κ1) is 19.5. The number of carbonyl (C=O) groups is 2. The highest BCUT2D eigenvalue weighted by Crippen LogP contribution is 2.36. The van der Waals surface area contributed by atoms with Crippen molar-refractivity contribution in [2.24, 2.45) is 0 Å². The van der Waals surface area contributed by atoms with Crippen LogP contribution in [0.1, 0.15) is 64.1 Å². The Hall–Kier alpha value is -1.82. The molecule has 6 heteroatoms. The van der Waals surface area contributed by atoms with Gasteiger partial charge in [-0.05, 0) is 18.6 Å². The van der Waals surface area contributed by atoms with Crippen LogP contribution >= 0.6 is 12.6 Å². The molecule has 136 valence electrons. The van der Waals surface area contributed by atoms with Gasteiger partial charge < -0.3 is 10.1 Å². The van der Waals surface area contributed by atoms with E-state index in [1.54, 1.807) is 0 Å². The van der Waals surface area contributed by atoms with E-state index in [2.05, 4.69) is 29.5 Å². The van der Waals surface area contributed by atoms with Crippen LogP contribution in [0.2, 0.25) is 0 Å². The predicted octanol–water partition coefficient (Wildman–Crippen LogP) is 4.48. The molecule has 0 aliphatic rings. The van der Waals surface area contributed by atoms with Crippen LogP contribution in [0.4, 0.5) is 0 Å². The zero-order valence-electron chi connectivity index (χ0n) is 14.6. The van der Waals surface area contributed by atoms with Gasteiger partial charge >= 0.3 is 5.97 Å². The molecule has 0 bridgehead atoms. The smallest absolute Gasteiger partial charge is 0.304 e. The molecule has 0 fully saturated rings. The molecule has 0 saturated heterocycles. The number of aromatic amines is 1. The van der Waals surface area contributed by atoms with Crippen LogP contribution in [0.25, 0.3) is 11.0 Å². The monoisotopic (exact) mass is 362 g/mol. The van der Waals surface area contributed by atoms with Crippen LogP contribution in [-0.2, 0) is 15.0 Å². The molecule has 0 spiro atoms. The second-order valence-electron chi connectivity index (χ2n) is 6.58. The van der Waals surface area contributed by atoms with Crippen molar-refractivity contribution in [3.63, 3.8) is 0 Å². The van der Waals surface area contributed by atoms with Crippen LogP contribution in [0, 0.1) is 0 Å². The van der Waals surface area contributed by atoms with Gasteiger partial charge in [0.2, 0.25) is 0 Å². The Bertz CT molecular complexity index is 695. The molecule has 5 nitrogen and oxygen atoms in total. The third-order valence-corrected chi connectivity index (χ3v) is 5.09. The summed E-state index contributed by atoms with van der Waals surface area (Å²) in [5, 5.41) is 8.94. The van der Waals surface area contributed by atoms with Crippen molar-refractivity contribution in [2.45, 2.75) is 63.7 Å². The molecule has 1 atom stereocenters. The van der Waals surface area contributed by atoms with Gasteiger partial charge in [-0.1, -0.05) is 57.6 Å². The van der Waals surface area contributed by atoms with E-state index >= 15 is 0 Å². The number of H-pyrrole nitrogens is 1. The zero-order chi connectivity index (χ0) is 18.3. The number of nitrogens with zero attached hydrogens (tertiary/aromatic N) is 1.